The average Bonchev–Trinajstić information content (AvgIpc) is 3.07. The molecule has 3 heterocycles. The van der Waals surface area contributed by atoms with Crippen LogP contribution in [0.1, 0.15) is 42.1 Å². The van der Waals surface area contributed by atoms with Crippen LogP contribution in [0.25, 0.3) is 10.9 Å². The van der Waals surface area contributed by atoms with E-state index in [-0.39, 0.29) is 6.04 Å². The summed E-state index contributed by atoms with van der Waals surface area (Å²) in [5.74, 6) is -0.912. The van der Waals surface area contributed by atoms with Crippen LogP contribution in [0.4, 0.5) is 8.78 Å². The lowest BCUT2D eigenvalue weighted by molar-refractivity contribution is 0.222. The van der Waals surface area contributed by atoms with Crippen LogP contribution >= 0.6 is 0 Å². The molecule has 27 heavy (non-hydrogen) atoms. The van der Waals surface area contributed by atoms with E-state index < -0.39 is 11.6 Å². The molecule has 0 amide bonds. The maximum atomic E-state index is 14.8. The van der Waals surface area contributed by atoms with Gasteiger partial charge in [-0.05, 0) is 49.9 Å². The zero-order valence-electron chi connectivity index (χ0n) is 15.6. The van der Waals surface area contributed by atoms with E-state index in [0.29, 0.717) is 11.6 Å². The van der Waals surface area contributed by atoms with Crippen LogP contribution in [0.2, 0.25) is 0 Å². The van der Waals surface area contributed by atoms with Gasteiger partial charge in [0.1, 0.15) is 11.6 Å². The number of hydrogen-bond acceptors (Lipinski definition) is 1. The summed E-state index contributed by atoms with van der Waals surface area (Å²) in [5.41, 5.74) is 4.29. The molecule has 2 bridgehead atoms. The van der Waals surface area contributed by atoms with Gasteiger partial charge in [-0.15, -0.1) is 0 Å². The normalized spacial score (nSPS) is 21.7. The van der Waals surface area contributed by atoms with Crippen LogP contribution in [0.3, 0.4) is 0 Å². The summed E-state index contributed by atoms with van der Waals surface area (Å²) in [7, 11) is 2.15. The van der Waals surface area contributed by atoms with Crippen LogP contribution < -0.4 is 0 Å². The third-order valence-corrected chi connectivity index (χ3v) is 6.52. The van der Waals surface area contributed by atoms with Crippen molar-refractivity contribution in [2.45, 2.75) is 50.7 Å². The third-order valence-electron chi connectivity index (χ3n) is 6.52. The topological polar surface area (TPSA) is 8.17 Å². The van der Waals surface area contributed by atoms with Crippen molar-refractivity contribution in [2.24, 2.45) is 0 Å². The van der Waals surface area contributed by atoms with Crippen LogP contribution in [-0.4, -0.2) is 22.6 Å². The average molecular weight is 366 g/mol. The molecule has 2 aromatic carbocycles. The number of benzene rings is 2. The van der Waals surface area contributed by atoms with E-state index in [9.17, 15) is 8.78 Å². The van der Waals surface area contributed by atoms with E-state index in [1.54, 1.807) is 0 Å². The van der Waals surface area contributed by atoms with Gasteiger partial charge in [-0.25, -0.2) is 8.78 Å². The first-order chi connectivity index (χ1) is 13.1. The number of hydrogen-bond donors (Lipinski definition) is 0. The lowest BCUT2D eigenvalue weighted by atomic mass is 9.97. The minimum Gasteiger partial charge on any atom is -0.342 e. The molecule has 1 fully saturated rings. The summed E-state index contributed by atoms with van der Waals surface area (Å²) in [6.07, 6.45) is 5.09. The number of likely N-dealkylation sites (N-methyl/N-ethyl adjacent to an activating group) is 1. The van der Waals surface area contributed by atoms with E-state index in [1.807, 2.05) is 6.07 Å². The SMILES string of the molecule is CN1C2CCC1c1c(n(CCCc3ccccc3)c3c(F)cc(F)cc13)C2. The van der Waals surface area contributed by atoms with Crippen LogP contribution in [-0.2, 0) is 19.4 Å². The second-order valence-corrected chi connectivity index (χ2v) is 8.00. The zero-order chi connectivity index (χ0) is 18.5. The molecule has 3 aromatic rings. The van der Waals surface area contributed by atoms with Crippen LogP contribution in [0, 0.1) is 11.6 Å². The van der Waals surface area contributed by atoms with Crippen molar-refractivity contribution in [1.82, 2.24) is 9.47 Å². The number of aromatic nitrogens is 1. The number of nitrogens with zero attached hydrogens (tertiary/aromatic N) is 2. The van der Waals surface area contributed by atoms with Crippen molar-refractivity contribution in [1.29, 1.82) is 0 Å². The first-order valence-electron chi connectivity index (χ1n) is 9.89. The van der Waals surface area contributed by atoms with E-state index >= 15 is 0 Å². The number of halogens is 2. The van der Waals surface area contributed by atoms with Gasteiger partial charge in [-0.3, -0.25) is 4.90 Å². The summed E-state index contributed by atoms with van der Waals surface area (Å²) < 4.78 is 31.0. The summed E-state index contributed by atoms with van der Waals surface area (Å²) in [6.45, 7) is 0.770. The largest absolute Gasteiger partial charge is 0.342 e. The van der Waals surface area contributed by atoms with Crippen molar-refractivity contribution in [2.75, 3.05) is 7.05 Å². The Bertz CT molecular complexity index is 993. The Morgan fingerprint density at radius 2 is 1.89 bits per heavy atom. The Kier molecular flexibility index (Phi) is 4.05. The van der Waals surface area contributed by atoms with E-state index in [2.05, 4.69) is 40.8 Å². The van der Waals surface area contributed by atoms with Gasteiger partial charge in [-0.2, -0.15) is 0 Å². The molecule has 4 heteroatoms. The molecule has 0 spiro atoms. The smallest absolute Gasteiger partial charge is 0.150 e. The molecular formula is C23H24F2N2. The Balaban J connectivity index is 1.57. The first-order valence-corrected chi connectivity index (χ1v) is 9.89. The maximum absolute atomic E-state index is 14.8. The Morgan fingerprint density at radius 1 is 1.07 bits per heavy atom. The van der Waals surface area contributed by atoms with Gasteiger partial charge in [0.2, 0.25) is 0 Å². The van der Waals surface area contributed by atoms with Crippen molar-refractivity contribution in [3.05, 3.63) is 70.9 Å². The lowest BCUT2D eigenvalue weighted by Gasteiger charge is -2.32. The Hall–Kier alpha value is -2.20. The number of fused-ring (bicyclic) bond motifs is 6. The fourth-order valence-electron chi connectivity index (χ4n) is 5.24. The van der Waals surface area contributed by atoms with E-state index in [0.717, 1.165) is 43.7 Å². The summed E-state index contributed by atoms with van der Waals surface area (Å²) in [5, 5.41) is 0.777. The van der Waals surface area contributed by atoms with Gasteiger partial charge in [0, 0.05) is 42.2 Å². The monoisotopic (exact) mass is 366 g/mol. The van der Waals surface area contributed by atoms with Crippen molar-refractivity contribution < 1.29 is 8.78 Å². The fourth-order valence-corrected chi connectivity index (χ4v) is 5.24. The standard InChI is InChI=1S/C23H24F2N2/c1-26-17-9-10-20(26)22-18-12-16(24)13-19(25)23(18)27(21(22)14-17)11-5-8-15-6-3-2-4-7-15/h2-4,6-7,12-13,17,20H,5,8-11,14H2,1H3. The summed E-state index contributed by atoms with van der Waals surface area (Å²) in [6, 6.07) is 13.8. The molecule has 2 unspecified atom stereocenters. The highest BCUT2D eigenvalue weighted by molar-refractivity contribution is 5.87. The molecule has 1 saturated heterocycles. The second-order valence-electron chi connectivity index (χ2n) is 8.00. The van der Waals surface area contributed by atoms with Crippen molar-refractivity contribution in [3.8, 4) is 0 Å². The molecule has 2 nitrogen and oxygen atoms in total. The molecule has 0 radical (unpaired) electrons. The van der Waals surface area contributed by atoms with E-state index in [4.69, 9.17) is 0 Å². The van der Waals surface area contributed by atoms with E-state index in [1.165, 1.54) is 29.3 Å². The molecule has 2 atom stereocenters. The van der Waals surface area contributed by atoms with Gasteiger partial charge >= 0.3 is 0 Å². The Morgan fingerprint density at radius 3 is 2.70 bits per heavy atom. The first kappa shape index (κ1) is 16.9. The van der Waals surface area contributed by atoms with Gasteiger partial charge in [-0.1, -0.05) is 30.3 Å². The highest BCUT2D eigenvalue weighted by atomic mass is 19.1. The quantitative estimate of drug-likeness (QED) is 0.613. The van der Waals surface area contributed by atoms with Gasteiger partial charge in [0.25, 0.3) is 0 Å². The predicted molar refractivity (Wildman–Crippen MR) is 104 cm³/mol. The molecule has 140 valence electrons. The minimum absolute atomic E-state index is 0.290. The molecule has 0 saturated carbocycles. The van der Waals surface area contributed by atoms with Crippen LogP contribution in [0.15, 0.2) is 42.5 Å². The van der Waals surface area contributed by atoms with Crippen molar-refractivity contribution in [3.63, 3.8) is 0 Å². The lowest BCUT2D eigenvalue weighted by Crippen LogP contribution is -2.34. The summed E-state index contributed by atoms with van der Waals surface area (Å²) in [4.78, 5) is 2.40. The maximum Gasteiger partial charge on any atom is 0.150 e. The van der Waals surface area contributed by atoms with Gasteiger partial charge in [0.05, 0.1) is 5.52 Å². The highest BCUT2D eigenvalue weighted by Gasteiger charge is 2.41. The third kappa shape index (κ3) is 2.69. The summed E-state index contributed by atoms with van der Waals surface area (Å²) >= 11 is 0. The predicted octanol–water partition coefficient (Wildman–Crippen LogP) is 5.24. The highest BCUT2D eigenvalue weighted by Crippen LogP contribution is 2.47. The Labute approximate surface area is 158 Å². The van der Waals surface area contributed by atoms with Gasteiger partial charge in [0.15, 0.2) is 0 Å². The van der Waals surface area contributed by atoms with Crippen molar-refractivity contribution >= 4 is 10.9 Å². The molecule has 5 rings (SSSR count). The molecule has 0 N–H and O–H groups in total. The zero-order valence-corrected chi connectivity index (χ0v) is 15.6. The molecule has 1 aromatic heterocycles. The van der Waals surface area contributed by atoms with Crippen LogP contribution in [0.5, 0.6) is 0 Å². The fraction of sp³-hybridized carbons (Fsp3) is 0.391. The molecule has 2 aliphatic rings. The molecule has 0 aliphatic carbocycles. The number of rotatable bonds is 4. The second kappa shape index (κ2) is 6.45. The molecular weight excluding hydrogens is 342 g/mol. The molecule has 2 aliphatic heterocycles. The van der Waals surface area contributed by atoms with Gasteiger partial charge < -0.3 is 4.57 Å². The number of aryl methyl sites for hydroxylation is 2. The minimum atomic E-state index is -0.480.